The molecule has 0 unspecified atom stereocenters. The van der Waals surface area contributed by atoms with Crippen LogP contribution in [0.1, 0.15) is 20.3 Å². The average Bonchev–Trinajstić information content (AvgIpc) is 2.26. The molecule has 0 spiro atoms. The zero-order valence-electron chi connectivity index (χ0n) is 9.69. The molecule has 0 bridgehead atoms. The number of carbonyl (C=O) groups is 1. The standard InChI is InChI=1S/C13H13F3O/c1-4-8(3)10-6-7-11(13(14,15)16)9(5-2)12(10)17/h5-7H,3-4H2,1-2H3/b9-5+. The minimum Gasteiger partial charge on any atom is -0.289 e. The van der Waals surface area contributed by atoms with Crippen LogP contribution in [0.4, 0.5) is 13.2 Å². The first-order valence-electron chi connectivity index (χ1n) is 5.21. The Kier molecular flexibility index (Phi) is 3.76. The van der Waals surface area contributed by atoms with Crippen LogP contribution in [0, 0.1) is 0 Å². The summed E-state index contributed by atoms with van der Waals surface area (Å²) in [4.78, 5) is 11.9. The van der Waals surface area contributed by atoms with E-state index in [1.54, 1.807) is 6.92 Å². The van der Waals surface area contributed by atoms with Gasteiger partial charge in [-0.3, -0.25) is 4.79 Å². The van der Waals surface area contributed by atoms with Gasteiger partial charge in [0.05, 0.1) is 5.57 Å². The SMILES string of the molecule is C=C(CC)C1=CC=C(C(F)(F)F)/C(=C\C)C1=O. The van der Waals surface area contributed by atoms with Crippen LogP contribution < -0.4 is 0 Å². The van der Waals surface area contributed by atoms with Gasteiger partial charge in [0.2, 0.25) is 0 Å². The fraction of sp³-hybridized carbons (Fsp3) is 0.308. The Balaban J connectivity index is 3.30. The molecular weight excluding hydrogens is 229 g/mol. The van der Waals surface area contributed by atoms with Gasteiger partial charge in [0.15, 0.2) is 5.78 Å². The van der Waals surface area contributed by atoms with Crippen molar-refractivity contribution in [3.05, 3.63) is 47.1 Å². The Morgan fingerprint density at radius 1 is 1.41 bits per heavy atom. The van der Waals surface area contributed by atoms with Crippen LogP contribution in [-0.2, 0) is 4.79 Å². The molecule has 0 heterocycles. The van der Waals surface area contributed by atoms with E-state index in [2.05, 4.69) is 6.58 Å². The van der Waals surface area contributed by atoms with Crippen molar-refractivity contribution in [2.45, 2.75) is 26.4 Å². The summed E-state index contributed by atoms with van der Waals surface area (Å²) < 4.78 is 37.9. The molecule has 4 heteroatoms. The quantitative estimate of drug-likeness (QED) is 0.671. The Morgan fingerprint density at radius 3 is 2.41 bits per heavy atom. The Labute approximate surface area is 98.0 Å². The first-order valence-corrected chi connectivity index (χ1v) is 5.21. The van der Waals surface area contributed by atoms with Crippen LogP contribution in [0.25, 0.3) is 0 Å². The maximum Gasteiger partial charge on any atom is 0.417 e. The fourth-order valence-electron chi connectivity index (χ4n) is 1.60. The van der Waals surface area contributed by atoms with Gasteiger partial charge in [0.25, 0.3) is 0 Å². The molecule has 0 amide bonds. The van der Waals surface area contributed by atoms with Gasteiger partial charge >= 0.3 is 6.18 Å². The lowest BCUT2D eigenvalue weighted by molar-refractivity contribution is -0.115. The van der Waals surface area contributed by atoms with Gasteiger partial charge in [0.1, 0.15) is 0 Å². The number of rotatable bonds is 2. The molecule has 0 aromatic heterocycles. The van der Waals surface area contributed by atoms with E-state index < -0.39 is 17.5 Å². The second kappa shape index (κ2) is 4.73. The summed E-state index contributed by atoms with van der Waals surface area (Å²) in [5, 5.41) is 0. The van der Waals surface area contributed by atoms with Gasteiger partial charge in [-0.05, 0) is 25.0 Å². The Morgan fingerprint density at radius 2 is 2.00 bits per heavy atom. The summed E-state index contributed by atoms with van der Waals surface area (Å²) in [6.45, 7) is 6.90. The van der Waals surface area contributed by atoms with Gasteiger partial charge in [-0.15, -0.1) is 0 Å². The second-order valence-corrected chi connectivity index (χ2v) is 3.65. The third kappa shape index (κ3) is 2.57. The lowest BCUT2D eigenvalue weighted by Crippen LogP contribution is -2.22. The zero-order valence-corrected chi connectivity index (χ0v) is 9.69. The lowest BCUT2D eigenvalue weighted by Gasteiger charge is -2.19. The van der Waals surface area contributed by atoms with Crippen molar-refractivity contribution < 1.29 is 18.0 Å². The van der Waals surface area contributed by atoms with E-state index in [0.29, 0.717) is 12.0 Å². The first-order chi connectivity index (χ1) is 7.82. The van der Waals surface area contributed by atoms with Crippen LogP contribution >= 0.6 is 0 Å². The van der Waals surface area contributed by atoms with Gasteiger partial charge < -0.3 is 0 Å². The highest BCUT2D eigenvalue weighted by Crippen LogP contribution is 2.36. The maximum atomic E-state index is 12.6. The number of hydrogen-bond donors (Lipinski definition) is 0. The molecule has 0 aliphatic heterocycles. The van der Waals surface area contributed by atoms with Crippen LogP contribution in [-0.4, -0.2) is 12.0 Å². The van der Waals surface area contributed by atoms with Crippen LogP contribution in [0.15, 0.2) is 47.1 Å². The molecule has 0 fully saturated rings. The largest absolute Gasteiger partial charge is 0.417 e. The summed E-state index contributed by atoms with van der Waals surface area (Å²) in [5.74, 6) is -0.603. The highest BCUT2D eigenvalue weighted by molar-refractivity contribution is 6.15. The molecule has 1 aliphatic rings. The monoisotopic (exact) mass is 242 g/mol. The summed E-state index contributed by atoms with van der Waals surface area (Å²) in [6, 6.07) is 0. The lowest BCUT2D eigenvalue weighted by atomic mass is 9.87. The van der Waals surface area contributed by atoms with Crippen molar-refractivity contribution >= 4 is 5.78 Å². The molecule has 0 saturated heterocycles. The van der Waals surface area contributed by atoms with Crippen molar-refractivity contribution in [2.24, 2.45) is 0 Å². The highest BCUT2D eigenvalue weighted by Gasteiger charge is 2.39. The second-order valence-electron chi connectivity index (χ2n) is 3.65. The molecule has 0 N–H and O–H groups in total. The molecular formula is C13H13F3O. The third-order valence-corrected chi connectivity index (χ3v) is 2.60. The minimum absolute atomic E-state index is 0.258. The molecule has 1 rings (SSSR count). The first kappa shape index (κ1) is 13.5. The van der Waals surface area contributed by atoms with E-state index >= 15 is 0 Å². The molecule has 0 atom stereocenters. The van der Waals surface area contributed by atoms with E-state index in [1.165, 1.54) is 19.1 Å². The van der Waals surface area contributed by atoms with Crippen molar-refractivity contribution in [1.82, 2.24) is 0 Å². The average molecular weight is 242 g/mol. The number of Topliss-reactive ketones (excluding diaryl/α,β-unsaturated/α-hetero) is 1. The van der Waals surface area contributed by atoms with E-state index in [4.69, 9.17) is 0 Å². The third-order valence-electron chi connectivity index (χ3n) is 2.60. The summed E-state index contributed by atoms with van der Waals surface area (Å²) >= 11 is 0. The van der Waals surface area contributed by atoms with E-state index in [0.717, 1.165) is 6.08 Å². The number of carbonyl (C=O) groups excluding carboxylic acids is 1. The molecule has 92 valence electrons. The van der Waals surface area contributed by atoms with Crippen molar-refractivity contribution in [3.8, 4) is 0 Å². The van der Waals surface area contributed by atoms with Gasteiger partial charge in [-0.1, -0.05) is 25.7 Å². The minimum atomic E-state index is -4.51. The van der Waals surface area contributed by atoms with Crippen molar-refractivity contribution in [1.29, 1.82) is 0 Å². The summed E-state index contributed by atoms with van der Waals surface area (Å²) in [6.07, 6.45) is -0.647. The number of alkyl halides is 3. The van der Waals surface area contributed by atoms with Crippen molar-refractivity contribution in [2.75, 3.05) is 0 Å². The summed E-state index contributed by atoms with van der Waals surface area (Å²) in [7, 11) is 0. The smallest absolute Gasteiger partial charge is 0.289 e. The molecule has 0 saturated carbocycles. The van der Waals surface area contributed by atoms with E-state index in [9.17, 15) is 18.0 Å². The zero-order chi connectivity index (χ0) is 13.2. The summed E-state index contributed by atoms with van der Waals surface area (Å²) in [5.41, 5.74) is -0.386. The molecule has 1 aliphatic carbocycles. The normalized spacial score (nSPS) is 19.1. The molecule has 17 heavy (non-hydrogen) atoms. The van der Waals surface area contributed by atoms with Crippen LogP contribution in [0.5, 0.6) is 0 Å². The molecule has 0 radical (unpaired) electrons. The fourth-order valence-corrected chi connectivity index (χ4v) is 1.60. The Hall–Kier alpha value is -1.58. The van der Waals surface area contributed by atoms with E-state index in [-0.39, 0.29) is 11.1 Å². The molecule has 0 aromatic rings. The van der Waals surface area contributed by atoms with Crippen LogP contribution in [0.3, 0.4) is 0 Å². The number of hydrogen-bond acceptors (Lipinski definition) is 1. The predicted octanol–water partition coefficient (Wildman–Crippen LogP) is 3.90. The van der Waals surface area contributed by atoms with Gasteiger partial charge in [0, 0.05) is 11.1 Å². The van der Waals surface area contributed by atoms with Crippen LogP contribution in [0.2, 0.25) is 0 Å². The van der Waals surface area contributed by atoms with Gasteiger partial charge in [-0.2, -0.15) is 13.2 Å². The van der Waals surface area contributed by atoms with E-state index in [1.807, 2.05) is 0 Å². The number of ketones is 1. The predicted molar refractivity (Wildman–Crippen MR) is 60.4 cm³/mol. The number of allylic oxidation sites excluding steroid dienone is 7. The molecule has 1 nitrogen and oxygen atoms in total. The van der Waals surface area contributed by atoms with Crippen molar-refractivity contribution in [3.63, 3.8) is 0 Å². The maximum absolute atomic E-state index is 12.6. The van der Waals surface area contributed by atoms with Gasteiger partial charge in [-0.25, -0.2) is 0 Å². The topological polar surface area (TPSA) is 17.1 Å². The number of halogens is 3. The highest BCUT2D eigenvalue weighted by atomic mass is 19.4. The Bertz CT molecular complexity index is 448. The molecule has 0 aromatic carbocycles.